The van der Waals surface area contributed by atoms with Crippen LogP contribution < -0.4 is 10.6 Å². The van der Waals surface area contributed by atoms with Gasteiger partial charge in [-0.05, 0) is 37.6 Å². The molecule has 3 nitrogen and oxygen atoms in total. The maximum Gasteiger partial charge on any atom is 0.134 e. The summed E-state index contributed by atoms with van der Waals surface area (Å²) in [7, 11) is 0. The summed E-state index contributed by atoms with van der Waals surface area (Å²) in [6, 6.07) is 5.73. The molecule has 0 radical (unpaired) electrons. The Hall–Kier alpha value is -0.930. The Morgan fingerprint density at radius 2 is 2.40 bits per heavy atom. The third-order valence-corrected chi connectivity index (χ3v) is 2.97. The van der Waals surface area contributed by atoms with E-state index in [0.29, 0.717) is 11.1 Å². The number of aromatic hydroxyl groups is 1. The second kappa shape index (κ2) is 4.73. The highest BCUT2D eigenvalue weighted by molar-refractivity contribution is 6.32. The lowest BCUT2D eigenvalue weighted by molar-refractivity contribution is 0.475. The topological polar surface area (TPSA) is 44.3 Å². The van der Waals surface area contributed by atoms with E-state index >= 15 is 0 Å². The highest BCUT2D eigenvalue weighted by Gasteiger charge is 2.13. The summed E-state index contributed by atoms with van der Waals surface area (Å²) in [6.45, 7) is 2.02. The number of hydrogen-bond donors (Lipinski definition) is 3. The van der Waals surface area contributed by atoms with Crippen LogP contribution in [0.3, 0.4) is 0 Å². The number of hydrogen-bond acceptors (Lipinski definition) is 3. The molecule has 0 saturated carbocycles. The van der Waals surface area contributed by atoms with Gasteiger partial charge in [-0.2, -0.15) is 0 Å². The standard InChI is InChI=1S/C11H15ClN2O/c12-10-6-8(3-4-11(10)15)14-7-9-2-1-5-13-9/h3-4,6,9,13-15H,1-2,5,7H2. The fraction of sp³-hybridized carbons (Fsp3) is 0.455. The Labute approximate surface area is 94.4 Å². The zero-order valence-electron chi connectivity index (χ0n) is 8.46. The molecule has 1 saturated heterocycles. The third kappa shape index (κ3) is 2.76. The quantitative estimate of drug-likeness (QED) is 0.693. The molecule has 15 heavy (non-hydrogen) atoms. The molecule has 0 aliphatic carbocycles. The summed E-state index contributed by atoms with van der Waals surface area (Å²) < 4.78 is 0. The Morgan fingerprint density at radius 3 is 3.07 bits per heavy atom. The molecule has 0 aromatic heterocycles. The van der Waals surface area contributed by atoms with Gasteiger partial charge in [0.15, 0.2) is 0 Å². The van der Waals surface area contributed by atoms with Crippen LogP contribution >= 0.6 is 11.6 Å². The van der Waals surface area contributed by atoms with E-state index < -0.39 is 0 Å². The highest BCUT2D eigenvalue weighted by atomic mass is 35.5. The SMILES string of the molecule is Oc1ccc(NCC2CCCN2)cc1Cl. The molecule has 0 amide bonds. The molecular formula is C11H15ClN2O. The monoisotopic (exact) mass is 226 g/mol. The van der Waals surface area contributed by atoms with Crippen LogP contribution in [0.5, 0.6) is 5.75 Å². The van der Waals surface area contributed by atoms with Crippen molar-refractivity contribution in [1.29, 1.82) is 0 Å². The summed E-state index contributed by atoms with van der Waals surface area (Å²) in [5.74, 6) is 0.126. The van der Waals surface area contributed by atoms with Crippen LogP contribution in [-0.2, 0) is 0 Å². The van der Waals surface area contributed by atoms with Crippen LogP contribution in [0, 0.1) is 0 Å². The van der Waals surface area contributed by atoms with Crippen molar-refractivity contribution in [2.45, 2.75) is 18.9 Å². The van der Waals surface area contributed by atoms with E-state index in [4.69, 9.17) is 11.6 Å². The van der Waals surface area contributed by atoms with Gasteiger partial charge in [0.1, 0.15) is 5.75 Å². The summed E-state index contributed by atoms with van der Waals surface area (Å²) in [4.78, 5) is 0. The van der Waals surface area contributed by atoms with Crippen LogP contribution in [0.25, 0.3) is 0 Å². The third-order valence-electron chi connectivity index (χ3n) is 2.66. The minimum Gasteiger partial charge on any atom is -0.506 e. The minimum atomic E-state index is 0.126. The summed E-state index contributed by atoms with van der Waals surface area (Å²) in [5, 5.41) is 16.3. The van der Waals surface area contributed by atoms with Crippen molar-refractivity contribution < 1.29 is 5.11 Å². The van der Waals surface area contributed by atoms with E-state index in [1.165, 1.54) is 12.8 Å². The number of phenols is 1. The molecule has 1 fully saturated rings. The Kier molecular flexibility index (Phi) is 3.34. The van der Waals surface area contributed by atoms with Crippen LogP contribution in [0.2, 0.25) is 5.02 Å². The predicted molar refractivity (Wildman–Crippen MR) is 62.6 cm³/mol. The lowest BCUT2D eigenvalue weighted by Crippen LogP contribution is -2.29. The maximum absolute atomic E-state index is 9.25. The number of phenolic OH excluding ortho intramolecular Hbond substituents is 1. The van der Waals surface area contributed by atoms with Crippen molar-refractivity contribution in [2.75, 3.05) is 18.4 Å². The zero-order chi connectivity index (χ0) is 10.7. The van der Waals surface area contributed by atoms with E-state index in [0.717, 1.165) is 18.8 Å². The molecule has 1 heterocycles. The van der Waals surface area contributed by atoms with Crippen molar-refractivity contribution >= 4 is 17.3 Å². The molecule has 0 spiro atoms. The van der Waals surface area contributed by atoms with Gasteiger partial charge in [-0.15, -0.1) is 0 Å². The molecule has 1 aliphatic rings. The number of rotatable bonds is 3. The van der Waals surface area contributed by atoms with Gasteiger partial charge in [-0.25, -0.2) is 0 Å². The minimum absolute atomic E-state index is 0.126. The van der Waals surface area contributed by atoms with Crippen molar-refractivity contribution in [3.63, 3.8) is 0 Å². The first kappa shape index (κ1) is 10.6. The normalized spacial score (nSPS) is 20.5. The lowest BCUT2D eigenvalue weighted by atomic mass is 10.2. The molecule has 82 valence electrons. The van der Waals surface area contributed by atoms with Crippen molar-refractivity contribution in [3.05, 3.63) is 23.2 Å². The average Bonchev–Trinajstić information content (AvgIpc) is 2.73. The maximum atomic E-state index is 9.25. The van der Waals surface area contributed by atoms with Gasteiger partial charge in [0.25, 0.3) is 0 Å². The van der Waals surface area contributed by atoms with Gasteiger partial charge < -0.3 is 15.7 Å². The Bertz CT molecular complexity index is 337. The van der Waals surface area contributed by atoms with Crippen LogP contribution in [0.4, 0.5) is 5.69 Å². The first-order chi connectivity index (χ1) is 7.25. The molecule has 0 bridgehead atoms. The van der Waals surface area contributed by atoms with Gasteiger partial charge in [-0.3, -0.25) is 0 Å². The highest BCUT2D eigenvalue weighted by Crippen LogP contribution is 2.26. The molecular weight excluding hydrogens is 212 g/mol. The van der Waals surface area contributed by atoms with Gasteiger partial charge in [0.2, 0.25) is 0 Å². The molecule has 1 atom stereocenters. The first-order valence-electron chi connectivity index (χ1n) is 5.21. The van der Waals surface area contributed by atoms with Crippen LogP contribution in [0.15, 0.2) is 18.2 Å². The fourth-order valence-electron chi connectivity index (χ4n) is 1.79. The van der Waals surface area contributed by atoms with Crippen molar-refractivity contribution in [2.24, 2.45) is 0 Å². The molecule has 3 N–H and O–H groups in total. The number of benzene rings is 1. The van der Waals surface area contributed by atoms with E-state index in [1.54, 1.807) is 12.1 Å². The molecule has 1 aromatic carbocycles. The fourth-order valence-corrected chi connectivity index (χ4v) is 1.97. The zero-order valence-corrected chi connectivity index (χ0v) is 9.22. The summed E-state index contributed by atoms with van der Waals surface area (Å²) in [6.07, 6.45) is 2.47. The summed E-state index contributed by atoms with van der Waals surface area (Å²) in [5.41, 5.74) is 0.950. The Balaban J connectivity index is 1.90. The molecule has 1 unspecified atom stereocenters. The van der Waals surface area contributed by atoms with E-state index in [1.807, 2.05) is 6.07 Å². The number of anilines is 1. The molecule has 4 heteroatoms. The number of halogens is 1. The van der Waals surface area contributed by atoms with Gasteiger partial charge >= 0.3 is 0 Å². The first-order valence-corrected chi connectivity index (χ1v) is 5.59. The van der Waals surface area contributed by atoms with Crippen LogP contribution in [-0.4, -0.2) is 24.2 Å². The largest absolute Gasteiger partial charge is 0.506 e. The second-order valence-electron chi connectivity index (χ2n) is 3.84. The molecule has 1 aromatic rings. The van der Waals surface area contributed by atoms with E-state index in [2.05, 4.69) is 10.6 Å². The average molecular weight is 227 g/mol. The second-order valence-corrected chi connectivity index (χ2v) is 4.25. The van der Waals surface area contributed by atoms with Crippen molar-refractivity contribution in [1.82, 2.24) is 5.32 Å². The predicted octanol–water partition coefficient (Wildman–Crippen LogP) is 2.21. The summed E-state index contributed by atoms with van der Waals surface area (Å²) >= 11 is 5.80. The van der Waals surface area contributed by atoms with Gasteiger partial charge in [0.05, 0.1) is 5.02 Å². The van der Waals surface area contributed by atoms with Gasteiger partial charge in [0, 0.05) is 18.3 Å². The molecule has 1 aliphatic heterocycles. The number of nitrogens with one attached hydrogen (secondary N) is 2. The Morgan fingerprint density at radius 1 is 1.53 bits per heavy atom. The lowest BCUT2D eigenvalue weighted by Gasteiger charge is -2.12. The van der Waals surface area contributed by atoms with Crippen molar-refractivity contribution in [3.8, 4) is 5.75 Å². The van der Waals surface area contributed by atoms with Gasteiger partial charge in [-0.1, -0.05) is 11.6 Å². The van der Waals surface area contributed by atoms with E-state index in [9.17, 15) is 5.11 Å². The van der Waals surface area contributed by atoms with E-state index in [-0.39, 0.29) is 5.75 Å². The van der Waals surface area contributed by atoms with Crippen LogP contribution in [0.1, 0.15) is 12.8 Å². The molecule has 2 rings (SSSR count). The smallest absolute Gasteiger partial charge is 0.134 e.